The summed E-state index contributed by atoms with van der Waals surface area (Å²) in [5.41, 5.74) is 0.636. The number of fused-ring (bicyclic) bond motifs is 1. The third-order valence-corrected chi connectivity index (χ3v) is 7.45. The van der Waals surface area contributed by atoms with Gasteiger partial charge in [-0.2, -0.15) is 14.3 Å². The summed E-state index contributed by atoms with van der Waals surface area (Å²) in [4.78, 5) is 8.46. The van der Waals surface area contributed by atoms with Crippen molar-refractivity contribution in [2.24, 2.45) is 0 Å². The number of halogens is 1. The monoisotopic (exact) mass is 432 g/mol. The highest BCUT2D eigenvalue weighted by Gasteiger charge is 2.35. The summed E-state index contributed by atoms with van der Waals surface area (Å²) in [6.07, 6.45) is 2.80. The first kappa shape index (κ1) is 20.5. The lowest BCUT2D eigenvalue weighted by Crippen LogP contribution is -2.55. The minimum Gasteiger partial charge on any atom is -0.471 e. The van der Waals surface area contributed by atoms with Crippen LogP contribution in [0.1, 0.15) is 0 Å². The summed E-state index contributed by atoms with van der Waals surface area (Å²) in [7, 11) is -4.32. The zero-order chi connectivity index (χ0) is 19.8. The topological polar surface area (TPSA) is 86.5 Å². The average molecular weight is 433 g/mol. The SMILES string of the molecule is C[Si](C)(C)CCOCn1ccc2c(OC3CN(S(C)(=O)=O)C3)nc(Cl)nc21. The molecular weight excluding hydrogens is 408 g/mol. The van der Waals surface area contributed by atoms with E-state index < -0.39 is 18.1 Å². The molecule has 1 saturated heterocycles. The van der Waals surface area contributed by atoms with E-state index in [2.05, 4.69) is 29.6 Å². The first-order chi connectivity index (χ1) is 12.5. The van der Waals surface area contributed by atoms with E-state index in [0.717, 1.165) is 11.4 Å². The quantitative estimate of drug-likeness (QED) is 0.361. The number of aromatic nitrogens is 3. The van der Waals surface area contributed by atoms with Crippen LogP contribution >= 0.6 is 11.6 Å². The Labute approximate surface area is 165 Å². The average Bonchev–Trinajstić information content (AvgIpc) is 2.87. The third-order valence-electron chi connectivity index (χ3n) is 4.35. The van der Waals surface area contributed by atoms with Gasteiger partial charge in [0.1, 0.15) is 12.8 Å². The molecule has 2 aromatic rings. The lowest BCUT2D eigenvalue weighted by molar-refractivity contribution is 0.0739. The van der Waals surface area contributed by atoms with Crippen LogP contribution in [-0.2, 0) is 21.5 Å². The van der Waals surface area contributed by atoms with Gasteiger partial charge in [-0.1, -0.05) is 19.6 Å². The van der Waals surface area contributed by atoms with Gasteiger partial charge in [0.25, 0.3) is 0 Å². The molecule has 0 saturated carbocycles. The van der Waals surface area contributed by atoms with Crippen LogP contribution < -0.4 is 4.74 Å². The molecule has 0 N–H and O–H groups in total. The summed E-state index contributed by atoms with van der Waals surface area (Å²) >= 11 is 6.06. The molecule has 0 radical (unpaired) electrons. The van der Waals surface area contributed by atoms with E-state index >= 15 is 0 Å². The van der Waals surface area contributed by atoms with Gasteiger partial charge in [-0.25, -0.2) is 8.42 Å². The third kappa shape index (κ3) is 5.20. The van der Waals surface area contributed by atoms with Crippen molar-refractivity contribution < 1.29 is 17.9 Å². The van der Waals surface area contributed by atoms with Crippen LogP contribution in [0.3, 0.4) is 0 Å². The van der Waals surface area contributed by atoms with Crippen molar-refractivity contribution in [3.63, 3.8) is 0 Å². The van der Waals surface area contributed by atoms with Gasteiger partial charge in [0, 0.05) is 20.9 Å². The maximum absolute atomic E-state index is 11.5. The number of hydrogen-bond donors (Lipinski definition) is 0. The Bertz CT molecular complexity index is 922. The fraction of sp³-hybridized carbons (Fsp3) is 0.625. The Morgan fingerprint density at radius 1 is 1.30 bits per heavy atom. The van der Waals surface area contributed by atoms with E-state index in [1.807, 2.05) is 16.8 Å². The minimum absolute atomic E-state index is 0.0823. The molecule has 3 rings (SSSR count). The predicted molar refractivity (Wildman–Crippen MR) is 107 cm³/mol. The maximum atomic E-state index is 11.5. The lowest BCUT2D eigenvalue weighted by atomic mass is 10.2. The summed E-state index contributed by atoms with van der Waals surface area (Å²) in [5, 5.41) is 0.810. The highest BCUT2D eigenvalue weighted by atomic mass is 35.5. The molecule has 0 amide bonds. The number of hydrogen-bond acceptors (Lipinski definition) is 6. The molecule has 0 atom stereocenters. The van der Waals surface area contributed by atoms with Crippen LogP contribution in [0.2, 0.25) is 31.0 Å². The first-order valence-electron chi connectivity index (χ1n) is 8.75. The maximum Gasteiger partial charge on any atom is 0.227 e. The van der Waals surface area contributed by atoms with Crippen LogP contribution in [0.4, 0.5) is 0 Å². The van der Waals surface area contributed by atoms with Crippen molar-refractivity contribution >= 4 is 40.7 Å². The molecule has 0 spiro atoms. The first-order valence-corrected chi connectivity index (χ1v) is 14.7. The van der Waals surface area contributed by atoms with E-state index in [1.165, 1.54) is 10.6 Å². The van der Waals surface area contributed by atoms with Crippen molar-refractivity contribution in [1.29, 1.82) is 0 Å². The van der Waals surface area contributed by atoms with Crippen LogP contribution in [0.25, 0.3) is 11.0 Å². The molecule has 11 heteroatoms. The van der Waals surface area contributed by atoms with E-state index in [1.54, 1.807) is 0 Å². The van der Waals surface area contributed by atoms with Gasteiger partial charge in [-0.05, 0) is 23.7 Å². The van der Waals surface area contributed by atoms with Crippen molar-refractivity contribution in [1.82, 2.24) is 18.8 Å². The highest BCUT2D eigenvalue weighted by Crippen LogP contribution is 2.28. The van der Waals surface area contributed by atoms with Gasteiger partial charge < -0.3 is 14.0 Å². The molecule has 2 aromatic heterocycles. The van der Waals surface area contributed by atoms with Gasteiger partial charge in [-0.3, -0.25) is 0 Å². The second kappa shape index (κ2) is 7.67. The van der Waals surface area contributed by atoms with Gasteiger partial charge in [0.2, 0.25) is 21.2 Å². The van der Waals surface area contributed by atoms with E-state index in [0.29, 0.717) is 38.0 Å². The summed E-state index contributed by atoms with van der Waals surface area (Å²) in [6.45, 7) is 8.63. The zero-order valence-corrected chi connectivity index (χ0v) is 18.5. The number of sulfonamides is 1. The molecule has 0 bridgehead atoms. The Hall–Kier alpha value is -1.20. The Morgan fingerprint density at radius 2 is 2.00 bits per heavy atom. The fourth-order valence-corrected chi connectivity index (χ4v) is 4.44. The Kier molecular flexibility index (Phi) is 5.83. The highest BCUT2D eigenvalue weighted by molar-refractivity contribution is 7.88. The van der Waals surface area contributed by atoms with Gasteiger partial charge in [0.05, 0.1) is 24.7 Å². The zero-order valence-electron chi connectivity index (χ0n) is 16.0. The number of ether oxygens (including phenoxy) is 2. The summed E-state index contributed by atoms with van der Waals surface area (Å²) in [6, 6.07) is 2.95. The normalized spacial score (nSPS) is 16.6. The summed E-state index contributed by atoms with van der Waals surface area (Å²) in [5.74, 6) is 0.365. The molecule has 0 aliphatic carbocycles. The molecule has 27 heavy (non-hydrogen) atoms. The molecule has 1 aliphatic rings. The van der Waals surface area contributed by atoms with Gasteiger partial charge >= 0.3 is 0 Å². The largest absolute Gasteiger partial charge is 0.471 e. The smallest absolute Gasteiger partial charge is 0.227 e. The number of rotatable bonds is 8. The van der Waals surface area contributed by atoms with Gasteiger partial charge in [-0.15, -0.1) is 0 Å². The summed E-state index contributed by atoms with van der Waals surface area (Å²) < 4.78 is 37.8. The van der Waals surface area contributed by atoms with Crippen LogP contribution in [0.15, 0.2) is 12.3 Å². The predicted octanol–water partition coefficient (Wildman–Crippen LogP) is 2.42. The minimum atomic E-state index is -3.18. The lowest BCUT2D eigenvalue weighted by Gasteiger charge is -2.36. The van der Waals surface area contributed by atoms with Gasteiger partial charge in [0.15, 0.2) is 5.65 Å². The van der Waals surface area contributed by atoms with E-state index in [-0.39, 0.29) is 11.4 Å². The van der Waals surface area contributed by atoms with Crippen molar-refractivity contribution in [2.45, 2.75) is 38.5 Å². The standard InChI is InChI=1S/C16H25ClN4O4SSi/c1-26(22,23)21-9-12(10-21)25-15-13-5-6-20(14(13)18-16(17)19-15)11-24-7-8-27(2,3)4/h5-6,12H,7-11H2,1-4H3. The molecular formula is C16H25ClN4O4SSi. The Morgan fingerprint density at radius 3 is 2.63 bits per heavy atom. The second-order valence-electron chi connectivity index (χ2n) is 7.99. The second-order valence-corrected chi connectivity index (χ2v) is 15.9. The van der Waals surface area contributed by atoms with E-state index in [9.17, 15) is 8.42 Å². The van der Waals surface area contributed by atoms with Crippen LogP contribution in [-0.4, -0.2) is 67.4 Å². The number of nitrogens with zero attached hydrogens (tertiary/aromatic N) is 4. The molecule has 150 valence electrons. The fourth-order valence-electron chi connectivity index (χ4n) is 2.65. The van der Waals surface area contributed by atoms with Crippen LogP contribution in [0, 0.1) is 0 Å². The molecule has 1 aliphatic heterocycles. The molecule has 0 unspecified atom stereocenters. The van der Waals surface area contributed by atoms with E-state index in [4.69, 9.17) is 21.1 Å². The molecule has 3 heterocycles. The molecule has 8 nitrogen and oxygen atoms in total. The van der Waals surface area contributed by atoms with Crippen molar-refractivity contribution in [3.05, 3.63) is 17.5 Å². The van der Waals surface area contributed by atoms with Crippen molar-refractivity contribution in [2.75, 3.05) is 26.0 Å². The molecule has 0 aromatic carbocycles. The Balaban J connectivity index is 1.68. The molecule has 1 fully saturated rings. The van der Waals surface area contributed by atoms with Crippen molar-refractivity contribution in [3.8, 4) is 5.88 Å². The van der Waals surface area contributed by atoms with Crippen LogP contribution in [0.5, 0.6) is 5.88 Å².